The van der Waals surface area contributed by atoms with Crippen molar-refractivity contribution in [2.75, 3.05) is 12.3 Å². The molecule has 1 aromatic rings. The minimum atomic E-state index is -0.141. The maximum atomic E-state index is 12.0. The number of nitrogens with two attached hydrogens (primary N) is 1. The van der Waals surface area contributed by atoms with Crippen LogP contribution in [0.1, 0.15) is 68.6 Å². The Balaban J connectivity index is 2.12. The zero-order chi connectivity index (χ0) is 15.5. The van der Waals surface area contributed by atoms with Crippen molar-refractivity contribution in [3.8, 4) is 0 Å². The number of hydrogen-bond acceptors (Lipinski definition) is 2. The lowest BCUT2D eigenvalue weighted by molar-refractivity contribution is 0.0954. The molecule has 1 rings (SSSR count). The maximum Gasteiger partial charge on any atom is 0.253 e. The van der Waals surface area contributed by atoms with E-state index >= 15 is 0 Å². The van der Waals surface area contributed by atoms with Gasteiger partial charge in [-0.25, -0.2) is 0 Å². The number of rotatable bonds is 10. The van der Waals surface area contributed by atoms with Crippen molar-refractivity contribution in [3.05, 3.63) is 28.8 Å². The van der Waals surface area contributed by atoms with Gasteiger partial charge >= 0.3 is 0 Å². The third-order valence-electron chi connectivity index (χ3n) is 3.58. The van der Waals surface area contributed by atoms with Gasteiger partial charge in [-0.05, 0) is 24.6 Å². The number of benzene rings is 1. The summed E-state index contributed by atoms with van der Waals surface area (Å²) in [6.45, 7) is 2.93. The normalized spacial score (nSPS) is 10.6. The number of halogens is 1. The zero-order valence-electron chi connectivity index (χ0n) is 13.0. The fourth-order valence-corrected chi connectivity index (χ4v) is 2.45. The van der Waals surface area contributed by atoms with Crippen LogP contribution in [-0.2, 0) is 0 Å². The fraction of sp³-hybridized carbons (Fsp3) is 0.588. The van der Waals surface area contributed by atoms with Crippen LogP contribution < -0.4 is 11.1 Å². The highest BCUT2D eigenvalue weighted by Crippen LogP contribution is 2.17. The molecule has 0 bridgehead atoms. The Hall–Kier alpha value is -1.22. The summed E-state index contributed by atoms with van der Waals surface area (Å²) in [5, 5.41) is 3.43. The van der Waals surface area contributed by atoms with Gasteiger partial charge in [-0.3, -0.25) is 4.79 Å². The molecule has 0 saturated heterocycles. The molecule has 4 heteroatoms. The van der Waals surface area contributed by atoms with Gasteiger partial charge < -0.3 is 11.1 Å². The van der Waals surface area contributed by atoms with Crippen molar-refractivity contribution < 1.29 is 4.79 Å². The van der Waals surface area contributed by atoms with Crippen LogP contribution >= 0.6 is 11.6 Å². The van der Waals surface area contributed by atoms with E-state index in [0.717, 1.165) is 12.8 Å². The number of carbonyl (C=O) groups is 1. The van der Waals surface area contributed by atoms with Gasteiger partial charge in [0.25, 0.3) is 5.91 Å². The van der Waals surface area contributed by atoms with Gasteiger partial charge in [-0.1, -0.05) is 63.5 Å². The molecule has 0 fully saturated rings. The summed E-state index contributed by atoms with van der Waals surface area (Å²) in [6.07, 6.45) is 10.0. The lowest BCUT2D eigenvalue weighted by Crippen LogP contribution is -2.25. The van der Waals surface area contributed by atoms with Crippen LogP contribution in [0.4, 0.5) is 5.69 Å². The van der Waals surface area contributed by atoms with Gasteiger partial charge in [-0.2, -0.15) is 0 Å². The van der Waals surface area contributed by atoms with Crippen LogP contribution in [0, 0.1) is 0 Å². The number of anilines is 1. The molecular weight excluding hydrogens is 284 g/mol. The van der Waals surface area contributed by atoms with Crippen LogP contribution in [-0.4, -0.2) is 12.5 Å². The first-order valence-electron chi connectivity index (χ1n) is 7.98. The highest BCUT2D eigenvalue weighted by atomic mass is 35.5. The van der Waals surface area contributed by atoms with Crippen molar-refractivity contribution in [3.63, 3.8) is 0 Å². The van der Waals surface area contributed by atoms with Gasteiger partial charge in [-0.15, -0.1) is 0 Å². The molecule has 3 nitrogen and oxygen atoms in total. The van der Waals surface area contributed by atoms with Crippen LogP contribution in [0.15, 0.2) is 18.2 Å². The van der Waals surface area contributed by atoms with E-state index in [4.69, 9.17) is 17.3 Å². The van der Waals surface area contributed by atoms with Crippen LogP contribution in [0.2, 0.25) is 5.02 Å². The highest BCUT2D eigenvalue weighted by molar-refractivity contribution is 6.31. The molecule has 0 radical (unpaired) electrons. The number of hydrogen-bond donors (Lipinski definition) is 2. The smallest absolute Gasteiger partial charge is 0.253 e. The van der Waals surface area contributed by atoms with E-state index in [2.05, 4.69) is 12.2 Å². The average molecular weight is 311 g/mol. The van der Waals surface area contributed by atoms with Gasteiger partial charge in [0.1, 0.15) is 0 Å². The van der Waals surface area contributed by atoms with E-state index in [1.807, 2.05) is 0 Å². The minimum Gasteiger partial charge on any atom is -0.398 e. The lowest BCUT2D eigenvalue weighted by atomic mass is 10.1. The molecule has 21 heavy (non-hydrogen) atoms. The molecule has 0 heterocycles. The lowest BCUT2D eigenvalue weighted by Gasteiger charge is -2.08. The molecule has 0 aliphatic heterocycles. The fourth-order valence-electron chi connectivity index (χ4n) is 2.28. The summed E-state index contributed by atoms with van der Waals surface area (Å²) in [4.78, 5) is 12.0. The van der Waals surface area contributed by atoms with Crippen LogP contribution in [0.25, 0.3) is 0 Å². The van der Waals surface area contributed by atoms with Crippen molar-refractivity contribution in [1.29, 1.82) is 0 Å². The number of amides is 1. The Morgan fingerprint density at radius 3 is 2.38 bits per heavy atom. The second-order valence-corrected chi connectivity index (χ2v) is 5.90. The number of unbranched alkanes of at least 4 members (excludes halogenated alkanes) is 7. The number of carbonyl (C=O) groups excluding carboxylic acids is 1. The molecule has 0 saturated carbocycles. The Morgan fingerprint density at radius 1 is 1.10 bits per heavy atom. The summed E-state index contributed by atoms with van der Waals surface area (Å²) >= 11 is 5.88. The molecule has 0 unspecified atom stereocenters. The molecule has 0 aliphatic carbocycles. The predicted octanol–water partition coefficient (Wildman–Crippen LogP) is 4.79. The summed E-state index contributed by atoms with van der Waals surface area (Å²) in [7, 11) is 0. The highest BCUT2D eigenvalue weighted by Gasteiger charge is 2.09. The number of nitrogens with one attached hydrogen (secondary N) is 1. The molecule has 0 spiro atoms. The van der Waals surface area contributed by atoms with Crippen LogP contribution in [0.3, 0.4) is 0 Å². The van der Waals surface area contributed by atoms with Gasteiger partial charge in [0.2, 0.25) is 0 Å². The Labute approximate surface area is 133 Å². The molecule has 118 valence electrons. The third-order valence-corrected chi connectivity index (χ3v) is 3.81. The average Bonchev–Trinajstić information content (AvgIpc) is 2.48. The summed E-state index contributed by atoms with van der Waals surface area (Å²) in [5.74, 6) is -0.141. The minimum absolute atomic E-state index is 0.141. The molecule has 0 atom stereocenters. The third kappa shape index (κ3) is 7.37. The van der Waals surface area contributed by atoms with Gasteiger partial charge in [0, 0.05) is 17.3 Å². The second kappa shape index (κ2) is 10.5. The second-order valence-electron chi connectivity index (χ2n) is 5.46. The predicted molar refractivity (Wildman–Crippen MR) is 90.8 cm³/mol. The SMILES string of the molecule is CCCCCCCCCCNC(=O)c1cc(Cl)ccc1N. The molecule has 0 aromatic heterocycles. The largest absolute Gasteiger partial charge is 0.398 e. The van der Waals surface area contributed by atoms with Gasteiger partial charge in [0.15, 0.2) is 0 Å². The number of nitrogen functional groups attached to an aromatic ring is 1. The van der Waals surface area contributed by atoms with Crippen molar-refractivity contribution in [2.24, 2.45) is 0 Å². The molecular formula is C17H27ClN2O. The van der Waals surface area contributed by atoms with Crippen LogP contribution in [0.5, 0.6) is 0 Å². The standard InChI is InChI=1S/C17H27ClN2O/c1-2-3-4-5-6-7-8-9-12-20-17(21)15-13-14(18)10-11-16(15)19/h10-11,13H,2-9,12,19H2,1H3,(H,20,21). The Kier molecular flexibility index (Phi) is 8.91. The monoisotopic (exact) mass is 310 g/mol. The molecule has 1 aromatic carbocycles. The summed E-state index contributed by atoms with van der Waals surface area (Å²) in [6, 6.07) is 4.96. The summed E-state index contributed by atoms with van der Waals surface area (Å²) in [5.41, 5.74) is 6.71. The quantitative estimate of drug-likeness (QED) is 0.482. The molecule has 1 amide bonds. The van der Waals surface area contributed by atoms with Crippen molar-refractivity contribution >= 4 is 23.2 Å². The van der Waals surface area contributed by atoms with Crippen molar-refractivity contribution in [1.82, 2.24) is 5.32 Å². The van der Waals surface area contributed by atoms with E-state index in [9.17, 15) is 4.79 Å². The van der Waals surface area contributed by atoms with Crippen molar-refractivity contribution in [2.45, 2.75) is 58.3 Å². The van der Waals surface area contributed by atoms with E-state index in [0.29, 0.717) is 22.8 Å². The first kappa shape index (κ1) is 17.8. The Bertz CT molecular complexity index is 435. The topological polar surface area (TPSA) is 55.1 Å². The maximum absolute atomic E-state index is 12.0. The molecule has 3 N–H and O–H groups in total. The molecule has 0 aliphatic rings. The Morgan fingerprint density at radius 2 is 1.71 bits per heavy atom. The first-order chi connectivity index (χ1) is 10.1. The van der Waals surface area contributed by atoms with E-state index < -0.39 is 0 Å². The zero-order valence-corrected chi connectivity index (χ0v) is 13.7. The van der Waals surface area contributed by atoms with Gasteiger partial charge in [0.05, 0.1) is 5.56 Å². The van der Waals surface area contributed by atoms with E-state index in [1.165, 1.54) is 38.5 Å². The van der Waals surface area contributed by atoms with E-state index in [1.54, 1.807) is 18.2 Å². The van der Waals surface area contributed by atoms with E-state index in [-0.39, 0.29) is 5.91 Å². The summed E-state index contributed by atoms with van der Waals surface area (Å²) < 4.78 is 0. The first-order valence-corrected chi connectivity index (χ1v) is 8.36.